The number of hydrogen-bond acceptors (Lipinski definition) is 14. The van der Waals surface area contributed by atoms with E-state index in [0.717, 1.165) is 47.1 Å². The monoisotopic (exact) mass is 1140 g/mol. The third-order valence-electron chi connectivity index (χ3n) is 14.5. The molecular weight excluding hydrogens is 1060 g/mol. The van der Waals surface area contributed by atoms with E-state index in [2.05, 4.69) is 48.7 Å². The average Bonchev–Trinajstić information content (AvgIpc) is 3.40. The molecule has 4 amide bonds. The first-order chi connectivity index (χ1) is 37.7. The Kier molecular flexibility index (Phi) is 19.5. The fourth-order valence-corrected chi connectivity index (χ4v) is 11.1. The van der Waals surface area contributed by atoms with Crippen molar-refractivity contribution in [3.63, 3.8) is 0 Å². The minimum atomic E-state index is -3.60. The summed E-state index contributed by atoms with van der Waals surface area (Å²) >= 11 is 6.50. The predicted molar refractivity (Wildman–Crippen MR) is 312 cm³/mol. The van der Waals surface area contributed by atoms with E-state index in [0.29, 0.717) is 49.0 Å². The number of carbonyl (C=O) groups is 4. The highest BCUT2D eigenvalue weighted by atomic mass is 35.5. The van der Waals surface area contributed by atoms with Crippen LogP contribution in [0, 0.1) is 12.3 Å². The van der Waals surface area contributed by atoms with Crippen LogP contribution in [0.1, 0.15) is 115 Å². The molecule has 430 valence electrons. The van der Waals surface area contributed by atoms with Gasteiger partial charge in [0.2, 0.25) is 23.7 Å². The fraction of sp³-hybridized carbons (Fsp3) is 0.467. The molecule has 4 atom stereocenters. The van der Waals surface area contributed by atoms with Gasteiger partial charge in [0.25, 0.3) is 0 Å². The van der Waals surface area contributed by atoms with E-state index >= 15 is 4.79 Å². The molecule has 5 aromatic rings. The number of rotatable bonds is 20. The van der Waals surface area contributed by atoms with Gasteiger partial charge in [0, 0.05) is 26.6 Å². The quantitative estimate of drug-likeness (QED) is 0.0458. The molecule has 1 aliphatic heterocycles. The molecule has 2 heterocycles. The van der Waals surface area contributed by atoms with Gasteiger partial charge in [0.15, 0.2) is 15.7 Å². The van der Waals surface area contributed by atoms with Gasteiger partial charge < -0.3 is 45.7 Å². The molecule has 1 aromatic heterocycles. The van der Waals surface area contributed by atoms with Gasteiger partial charge in [-0.05, 0) is 156 Å². The number of nitrogens with one attached hydrogen (secondary N) is 5. The lowest BCUT2D eigenvalue weighted by atomic mass is 9.83. The zero-order valence-corrected chi connectivity index (χ0v) is 49.7. The number of methoxy groups -OCH3 is 1. The summed E-state index contributed by atoms with van der Waals surface area (Å²) in [7, 11) is -0.536. The highest BCUT2D eigenvalue weighted by molar-refractivity contribution is 7.92. The number of carbonyl (C=O) groups excluding carboxylic acids is 4. The molecule has 0 saturated heterocycles. The van der Waals surface area contributed by atoms with Gasteiger partial charge >= 0.3 is 6.09 Å². The normalized spacial score (nSPS) is 16.1. The summed E-state index contributed by atoms with van der Waals surface area (Å²) in [5.74, 6) is 0.410. The second-order valence-electron chi connectivity index (χ2n) is 22.9. The molecule has 5 N–H and O–H groups in total. The molecule has 7 rings (SSSR count). The number of halogens is 1. The molecular formula is C60H78ClN9O9S. The van der Waals surface area contributed by atoms with Gasteiger partial charge in [-0.25, -0.2) is 18.2 Å². The molecule has 0 bridgehead atoms. The van der Waals surface area contributed by atoms with Crippen LogP contribution in [-0.2, 0) is 54.8 Å². The Morgan fingerprint density at radius 3 is 2.33 bits per heavy atom. The van der Waals surface area contributed by atoms with E-state index in [9.17, 15) is 22.8 Å². The van der Waals surface area contributed by atoms with Crippen LogP contribution in [0.15, 0.2) is 90.0 Å². The average molecular weight is 1140 g/mol. The number of para-hydroxylation sites is 1. The van der Waals surface area contributed by atoms with Crippen molar-refractivity contribution >= 4 is 68.4 Å². The number of amides is 4. The predicted octanol–water partition coefficient (Wildman–Crippen LogP) is 9.56. The summed E-state index contributed by atoms with van der Waals surface area (Å²) < 4.78 is 43.8. The van der Waals surface area contributed by atoms with Crippen LogP contribution in [0.2, 0.25) is 5.02 Å². The summed E-state index contributed by atoms with van der Waals surface area (Å²) in [6.07, 6.45) is 4.34. The van der Waals surface area contributed by atoms with Crippen molar-refractivity contribution in [3.05, 3.63) is 123 Å². The van der Waals surface area contributed by atoms with Crippen molar-refractivity contribution in [2.75, 3.05) is 44.5 Å². The molecule has 0 fully saturated rings. The second-order valence-corrected chi connectivity index (χ2v) is 25.8. The Morgan fingerprint density at radius 2 is 1.61 bits per heavy atom. The van der Waals surface area contributed by atoms with Crippen LogP contribution in [0.3, 0.4) is 0 Å². The second kappa shape index (κ2) is 25.7. The summed E-state index contributed by atoms with van der Waals surface area (Å²) in [4.78, 5) is 68.4. The van der Waals surface area contributed by atoms with E-state index in [-0.39, 0.29) is 46.6 Å². The van der Waals surface area contributed by atoms with Crippen molar-refractivity contribution in [1.82, 2.24) is 35.7 Å². The number of sulfone groups is 1. The number of anilines is 4. The van der Waals surface area contributed by atoms with Gasteiger partial charge in [-0.15, -0.1) is 0 Å². The highest BCUT2D eigenvalue weighted by Crippen LogP contribution is 2.36. The minimum absolute atomic E-state index is 0.0999. The zero-order valence-electron chi connectivity index (χ0n) is 48.1. The number of benzene rings is 4. The van der Waals surface area contributed by atoms with E-state index in [4.69, 9.17) is 25.8 Å². The smallest absolute Gasteiger partial charge is 0.410 e. The highest BCUT2D eigenvalue weighted by Gasteiger charge is 2.44. The summed E-state index contributed by atoms with van der Waals surface area (Å²) in [6.45, 7) is 19.3. The molecule has 4 aromatic carbocycles. The first-order valence-electron chi connectivity index (χ1n) is 27.2. The van der Waals surface area contributed by atoms with Gasteiger partial charge in [0.1, 0.15) is 46.9 Å². The van der Waals surface area contributed by atoms with Crippen LogP contribution in [0.5, 0.6) is 11.5 Å². The molecule has 2 aliphatic rings. The maximum absolute atomic E-state index is 15.1. The van der Waals surface area contributed by atoms with Crippen LogP contribution in [-0.4, -0.2) is 115 Å². The number of ether oxygens (including phenoxy) is 3. The Labute approximate surface area is 476 Å². The van der Waals surface area contributed by atoms with Gasteiger partial charge in [-0.2, -0.15) is 4.98 Å². The maximum atomic E-state index is 15.1. The molecule has 0 spiro atoms. The summed E-state index contributed by atoms with van der Waals surface area (Å²) in [5.41, 5.74) is 5.50. The lowest BCUT2D eigenvalue weighted by Crippen LogP contribution is -2.62. The molecule has 18 nitrogen and oxygen atoms in total. The fourth-order valence-electron chi connectivity index (χ4n) is 9.72. The Bertz CT molecular complexity index is 3180. The van der Waals surface area contributed by atoms with Crippen molar-refractivity contribution in [2.24, 2.45) is 5.41 Å². The van der Waals surface area contributed by atoms with Crippen LogP contribution in [0.25, 0.3) is 0 Å². The lowest BCUT2D eigenvalue weighted by molar-refractivity contribution is -0.147. The summed E-state index contributed by atoms with van der Waals surface area (Å²) in [5, 5.41) is 15.6. The number of likely N-dealkylation sites (N-methyl/N-ethyl adjacent to an activating group) is 1. The van der Waals surface area contributed by atoms with Crippen molar-refractivity contribution in [3.8, 4) is 11.5 Å². The topological polar surface area (TPSA) is 223 Å². The molecule has 0 radical (unpaired) electrons. The lowest BCUT2D eigenvalue weighted by Gasteiger charge is -2.42. The van der Waals surface area contributed by atoms with Crippen LogP contribution in [0.4, 0.5) is 27.9 Å². The van der Waals surface area contributed by atoms with Gasteiger partial charge in [-0.3, -0.25) is 19.3 Å². The molecule has 1 aliphatic carbocycles. The van der Waals surface area contributed by atoms with E-state index in [1.807, 2.05) is 70.2 Å². The van der Waals surface area contributed by atoms with E-state index < -0.39 is 62.1 Å². The third kappa shape index (κ3) is 14.9. The van der Waals surface area contributed by atoms with Crippen molar-refractivity contribution < 1.29 is 41.8 Å². The first-order valence-corrected chi connectivity index (χ1v) is 29.1. The number of hydrogen-bond donors (Lipinski definition) is 5. The Balaban J connectivity index is 0.998. The number of aryl methyl sites for hydroxylation is 2. The number of nitrogens with zero attached hydrogens (tertiary/aromatic N) is 4. The maximum Gasteiger partial charge on any atom is 0.410 e. The first kappa shape index (κ1) is 60.7. The molecule has 80 heavy (non-hydrogen) atoms. The third-order valence-corrected chi connectivity index (χ3v) is 16.9. The van der Waals surface area contributed by atoms with Crippen molar-refractivity contribution in [2.45, 2.75) is 148 Å². The molecule has 0 unspecified atom stereocenters. The van der Waals surface area contributed by atoms with Gasteiger partial charge in [0.05, 0.1) is 40.9 Å². The largest absolute Gasteiger partial charge is 0.495 e. The molecule has 0 saturated carbocycles. The van der Waals surface area contributed by atoms with E-state index in [1.54, 1.807) is 77.8 Å². The van der Waals surface area contributed by atoms with Crippen LogP contribution < -0.4 is 36.1 Å². The minimum Gasteiger partial charge on any atom is -0.495 e. The van der Waals surface area contributed by atoms with Crippen LogP contribution >= 0.6 is 11.6 Å². The van der Waals surface area contributed by atoms with Crippen molar-refractivity contribution in [1.29, 1.82) is 0 Å². The Morgan fingerprint density at radius 1 is 0.887 bits per heavy atom. The van der Waals surface area contributed by atoms with Gasteiger partial charge in [-0.1, -0.05) is 74.8 Å². The number of aromatic nitrogens is 2. The number of fused-ring (bicyclic) bond motifs is 2. The molecule has 20 heteroatoms. The standard InChI is InChI=1S/C60H78ClN9O9S/c1-36(2)80(75,76)51-23-16-15-21-47(51)64-53-45(61)34-63-57(68-53)66-48-30-37(3)40(33-50(48)77-12)26-27-62-28-29-78-43-25-24-41-32-49(55(72)65-46-22-17-19-39-18-13-14-20-44(39)46)70(35-42(41)31-43)56(73)52(59(5,6)7)67-54(71)38(4)69(11)58(74)79-60(8,9)10/h13-16,18,20-21,23-25,30-31,33-34,36,38,46,49,52,62H,17,19,22,26-29,32,35H2,1-12H3,(H,65,72)(H,67,71)(H2,63,64,66,68)/t38-,46-,49-,52-/m1/s1. The SMILES string of the molecule is COc1cc(CCNCCOc2ccc3c(c2)CN(C(=O)[C@@H](NC(=O)[C@@H](C)N(C)C(=O)OC(C)(C)C)C(C)(C)C)[C@@H](C(=O)N[C@@H]2CCCc4ccccc42)C3)c(C)cc1Nc1ncc(Cl)c(Nc2ccccc2S(=O)(=O)C(C)C)n1. The van der Waals surface area contributed by atoms with E-state index in [1.165, 1.54) is 23.7 Å². The Hall–Kier alpha value is -6.96. The summed E-state index contributed by atoms with van der Waals surface area (Å²) in [6, 6.07) is 21.3. The zero-order chi connectivity index (χ0) is 58.3.